The molecule has 4 heteroatoms. The highest BCUT2D eigenvalue weighted by Crippen LogP contribution is 2.30. The molecule has 0 spiro atoms. The van der Waals surface area contributed by atoms with E-state index < -0.39 is 0 Å². The molecule has 2 fully saturated rings. The molecule has 3 N–H and O–H groups in total. The van der Waals surface area contributed by atoms with E-state index in [9.17, 15) is 0 Å². The minimum Gasteiger partial charge on any atom is -0.300 e. The minimum atomic E-state index is 0.498. The van der Waals surface area contributed by atoms with Crippen LogP contribution >= 0.6 is 11.8 Å². The number of hydrazine groups is 1. The van der Waals surface area contributed by atoms with Gasteiger partial charge in [0.05, 0.1) is 0 Å². The summed E-state index contributed by atoms with van der Waals surface area (Å²) in [6.07, 6.45) is 6.94. The zero-order valence-electron chi connectivity index (χ0n) is 10.3. The van der Waals surface area contributed by atoms with Crippen molar-refractivity contribution in [2.24, 2.45) is 11.8 Å². The fourth-order valence-corrected chi connectivity index (χ4v) is 4.43. The number of nitrogens with two attached hydrogens (primary N) is 1. The van der Waals surface area contributed by atoms with Crippen LogP contribution in [-0.2, 0) is 0 Å². The third-order valence-electron chi connectivity index (χ3n) is 4.21. The monoisotopic (exact) mass is 243 g/mol. The van der Waals surface area contributed by atoms with Crippen LogP contribution in [0.25, 0.3) is 0 Å². The van der Waals surface area contributed by atoms with E-state index in [2.05, 4.69) is 29.1 Å². The number of thioether (sulfide) groups is 1. The van der Waals surface area contributed by atoms with Crippen LogP contribution in [0.2, 0.25) is 0 Å². The van der Waals surface area contributed by atoms with E-state index in [1.807, 2.05) is 0 Å². The number of rotatable bonds is 3. The minimum absolute atomic E-state index is 0.498. The topological polar surface area (TPSA) is 41.3 Å². The van der Waals surface area contributed by atoms with Gasteiger partial charge in [-0.05, 0) is 25.8 Å². The molecular formula is C12H25N3S. The van der Waals surface area contributed by atoms with Crippen LogP contribution in [0.15, 0.2) is 0 Å². The Hall–Kier alpha value is 0.230. The average Bonchev–Trinajstić information content (AvgIpc) is 2.34. The quantitative estimate of drug-likeness (QED) is 0.581. The molecule has 0 aromatic rings. The summed E-state index contributed by atoms with van der Waals surface area (Å²) < 4.78 is 0. The maximum absolute atomic E-state index is 5.81. The smallest absolute Gasteiger partial charge is 0.0402 e. The largest absolute Gasteiger partial charge is 0.300 e. The van der Waals surface area contributed by atoms with Crippen molar-refractivity contribution in [2.45, 2.75) is 44.2 Å². The van der Waals surface area contributed by atoms with Crippen LogP contribution in [0.3, 0.4) is 0 Å². The van der Waals surface area contributed by atoms with Crippen molar-refractivity contribution in [2.75, 3.05) is 25.1 Å². The molecule has 2 atom stereocenters. The highest BCUT2D eigenvalue weighted by Gasteiger charge is 2.33. The Morgan fingerprint density at radius 2 is 2.06 bits per heavy atom. The van der Waals surface area contributed by atoms with E-state index in [0.717, 1.165) is 5.92 Å². The normalized spacial score (nSPS) is 31.5. The van der Waals surface area contributed by atoms with E-state index in [1.165, 1.54) is 50.2 Å². The summed E-state index contributed by atoms with van der Waals surface area (Å²) in [5.41, 5.74) is 3.12. The van der Waals surface area contributed by atoms with Gasteiger partial charge in [0.2, 0.25) is 0 Å². The number of hydrogen-bond donors (Lipinski definition) is 2. The molecule has 0 radical (unpaired) electrons. The Balaban J connectivity index is 1.96. The van der Waals surface area contributed by atoms with Crippen molar-refractivity contribution in [3.8, 4) is 0 Å². The molecule has 2 aliphatic rings. The molecular weight excluding hydrogens is 218 g/mol. The van der Waals surface area contributed by atoms with Crippen LogP contribution < -0.4 is 11.3 Å². The van der Waals surface area contributed by atoms with E-state index in [4.69, 9.17) is 5.84 Å². The molecule has 0 bridgehead atoms. The van der Waals surface area contributed by atoms with Gasteiger partial charge in [0.1, 0.15) is 0 Å². The third-order valence-corrected chi connectivity index (χ3v) is 5.26. The van der Waals surface area contributed by atoms with Gasteiger partial charge in [-0.3, -0.25) is 11.3 Å². The van der Waals surface area contributed by atoms with Crippen LogP contribution in [0, 0.1) is 5.92 Å². The third kappa shape index (κ3) is 2.92. The predicted molar refractivity (Wildman–Crippen MR) is 71.4 cm³/mol. The van der Waals surface area contributed by atoms with Crippen molar-refractivity contribution < 1.29 is 0 Å². The zero-order valence-corrected chi connectivity index (χ0v) is 11.1. The number of nitrogens with one attached hydrogen (secondary N) is 1. The molecule has 16 heavy (non-hydrogen) atoms. The highest BCUT2D eigenvalue weighted by atomic mass is 32.2. The molecule has 0 aromatic carbocycles. The Morgan fingerprint density at radius 1 is 1.31 bits per heavy atom. The summed E-state index contributed by atoms with van der Waals surface area (Å²) in [7, 11) is 2.25. The SMILES string of the molecule is CN1CCSCC1C(NN)C1CCCCC1. The van der Waals surface area contributed by atoms with Gasteiger partial charge in [-0.1, -0.05) is 19.3 Å². The van der Waals surface area contributed by atoms with Crippen molar-refractivity contribution in [1.29, 1.82) is 0 Å². The molecule has 2 rings (SSSR count). The summed E-state index contributed by atoms with van der Waals surface area (Å²) in [5.74, 6) is 9.12. The second kappa shape index (κ2) is 6.24. The lowest BCUT2D eigenvalue weighted by Crippen LogP contribution is -2.58. The van der Waals surface area contributed by atoms with Gasteiger partial charge < -0.3 is 4.90 Å². The molecule has 1 saturated heterocycles. The molecule has 2 unspecified atom stereocenters. The Bertz CT molecular complexity index is 206. The molecule has 3 nitrogen and oxygen atoms in total. The van der Waals surface area contributed by atoms with E-state index in [-0.39, 0.29) is 0 Å². The van der Waals surface area contributed by atoms with E-state index in [0.29, 0.717) is 12.1 Å². The van der Waals surface area contributed by atoms with Gasteiger partial charge in [-0.15, -0.1) is 0 Å². The fraction of sp³-hybridized carbons (Fsp3) is 1.00. The lowest BCUT2D eigenvalue weighted by molar-refractivity contribution is 0.151. The van der Waals surface area contributed by atoms with Crippen LogP contribution in [0.5, 0.6) is 0 Å². The zero-order chi connectivity index (χ0) is 11.4. The first-order valence-electron chi connectivity index (χ1n) is 6.57. The molecule has 1 aliphatic carbocycles. The molecule has 94 valence electrons. The number of nitrogens with zero attached hydrogens (tertiary/aromatic N) is 1. The maximum atomic E-state index is 5.81. The summed E-state index contributed by atoms with van der Waals surface area (Å²) in [5, 5.41) is 0. The summed E-state index contributed by atoms with van der Waals surface area (Å²) in [6.45, 7) is 1.21. The second-order valence-electron chi connectivity index (χ2n) is 5.21. The van der Waals surface area contributed by atoms with Gasteiger partial charge in [0.15, 0.2) is 0 Å². The summed E-state index contributed by atoms with van der Waals surface area (Å²) in [6, 6.07) is 1.13. The fourth-order valence-electron chi connectivity index (χ4n) is 3.14. The molecule has 0 aromatic heterocycles. The lowest BCUT2D eigenvalue weighted by Gasteiger charge is -2.42. The highest BCUT2D eigenvalue weighted by molar-refractivity contribution is 7.99. The predicted octanol–water partition coefficient (Wildman–Crippen LogP) is 1.45. The first-order chi connectivity index (χ1) is 7.83. The Kier molecular flexibility index (Phi) is 4.95. The first kappa shape index (κ1) is 12.7. The average molecular weight is 243 g/mol. The van der Waals surface area contributed by atoms with E-state index >= 15 is 0 Å². The maximum Gasteiger partial charge on any atom is 0.0402 e. The molecule has 1 aliphatic heterocycles. The molecule has 1 heterocycles. The Labute approximate surface area is 103 Å². The number of hydrogen-bond acceptors (Lipinski definition) is 4. The van der Waals surface area contributed by atoms with Crippen molar-refractivity contribution in [3.63, 3.8) is 0 Å². The molecule has 0 amide bonds. The first-order valence-corrected chi connectivity index (χ1v) is 7.72. The Morgan fingerprint density at radius 3 is 2.69 bits per heavy atom. The molecule has 1 saturated carbocycles. The lowest BCUT2D eigenvalue weighted by atomic mass is 9.81. The van der Waals surface area contributed by atoms with Crippen LogP contribution in [0.4, 0.5) is 0 Å². The second-order valence-corrected chi connectivity index (χ2v) is 6.36. The van der Waals surface area contributed by atoms with Crippen molar-refractivity contribution in [1.82, 2.24) is 10.3 Å². The van der Waals surface area contributed by atoms with Gasteiger partial charge in [-0.25, -0.2) is 0 Å². The number of likely N-dealkylation sites (N-methyl/N-ethyl adjacent to an activating group) is 1. The van der Waals surface area contributed by atoms with Crippen LogP contribution in [-0.4, -0.2) is 42.1 Å². The van der Waals surface area contributed by atoms with Gasteiger partial charge in [0, 0.05) is 30.1 Å². The van der Waals surface area contributed by atoms with Crippen molar-refractivity contribution in [3.05, 3.63) is 0 Å². The van der Waals surface area contributed by atoms with E-state index in [1.54, 1.807) is 0 Å². The van der Waals surface area contributed by atoms with Crippen molar-refractivity contribution >= 4 is 11.8 Å². The standard InChI is InChI=1S/C12H25N3S/c1-15-7-8-16-9-11(15)12(14-13)10-5-3-2-4-6-10/h10-12,14H,2-9,13H2,1H3. The summed E-state index contributed by atoms with van der Waals surface area (Å²) >= 11 is 2.08. The van der Waals surface area contributed by atoms with Crippen LogP contribution in [0.1, 0.15) is 32.1 Å². The van der Waals surface area contributed by atoms with Gasteiger partial charge >= 0.3 is 0 Å². The van der Waals surface area contributed by atoms with Gasteiger partial charge in [0.25, 0.3) is 0 Å². The van der Waals surface area contributed by atoms with Gasteiger partial charge in [-0.2, -0.15) is 11.8 Å². The summed E-state index contributed by atoms with van der Waals surface area (Å²) in [4.78, 5) is 2.50.